The molecular formula is C17H16FNOS. The van der Waals surface area contributed by atoms with Crippen molar-refractivity contribution in [1.29, 1.82) is 0 Å². The Kier molecular flexibility index (Phi) is 3.90. The van der Waals surface area contributed by atoms with E-state index in [9.17, 15) is 4.39 Å². The molecule has 3 rings (SSSR count). The van der Waals surface area contributed by atoms with Gasteiger partial charge in [-0.2, -0.15) is 0 Å². The number of methoxy groups -OCH3 is 1. The molecule has 2 aromatic carbocycles. The topological polar surface area (TPSA) is 35.2 Å². The molecule has 0 fully saturated rings. The zero-order chi connectivity index (χ0) is 14.8. The molecule has 1 aromatic heterocycles. The van der Waals surface area contributed by atoms with Crippen LogP contribution in [0.25, 0.3) is 10.1 Å². The molecule has 2 N–H and O–H groups in total. The van der Waals surface area contributed by atoms with Crippen LogP contribution in [0.1, 0.15) is 17.2 Å². The van der Waals surface area contributed by atoms with Gasteiger partial charge in [0.15, 0.2) is 11.6 Å². The Morgan fingerprint density at radius 3 is 2.81 bits per heavy atom. The van der Waals surface area contributed by atoms with Crippen LogP contribution in [-0.4, -0.2) is 7.11 Å². The SMILES string of the molecule is COc1ccc(C(N)Cc2csc3ccccc23)cc1F. The molecule has 0 amide bonds. The summed E-state index contributed by atoms with van der Waals surface area (Å²) in [4.78, 5) is 0. The van der Waals surface area contributed by atoms with E-state index in [1.54, 1.807) is 17.4 Å². The molecular weight excluding hydrogens is 285 g/mol. The molecule has 1 unspecified atom stereocenters. The van der Waals surface area contributed by atoms with E-state index in [1.807, 2.05) is 18.2 Å². The van der Waals surface area contributed by atoms with Gasteiger partial charge in [-0.3, -0.25) is 0 Å². The fourth-order valence-electron chi connectivity index (χ4n) is 2.46. The Balaban J connectivity index is 1.86. The molecule has 1 heterocycles. The van der Waals surface area contributed by atoms with Crippen molar-refractivity contribution in [1.82, 2.24) is 0 Å². The molecule has 0 spiro atoms. The highest BCUT2D eigenvalue weighted by molar-refractivity contribution is 7.17. The maximum atomic E-state index is 13.8. The summed E-state index contributed by atoms with van der Waals surface area (Å²) in [5.74, 6) is -0.132. The number of benzene rings is 2. The Labute approximate surface area is 127 Å². The van der Waals surface area contributed by atoms with Gasteiger partial charge in [-0.25, -0.2) is 4.39 Å². The van der Waals surface area contributed by atoms with E-state index in [1.165, 1.54) is 28.8 Å². The van der Waals surface area contributed by atoms with Crippen molar-refractivity contribution in [3.8, 4) is 5.75 Å². The summed E-state index contributed by atoms with van der Waals surface area (Å²) in [5.41, 5.74) is 8.22. The lowest BCUT2D eigenvalue weighted by atomic mass is 9.99. The highest BCUT2D eigenvalue weighted by Crippen LogP contribution is 2.29. The van der Waals surface area contributed by atoms with Gasteiger partial charge in [0.25, 0.3) is 0 Å². The average molecular weight is 301 g/mol. The molecule has 1 atom stereocenters. The summed E-state index contributed by atoms with van der Waals surface area (Å²) in [7, 11) is 1.45. The molecule has 0 bridgehead atoms. The minimum Gasteiger partial charge on any atom is -0.494 e. The van der Waals surface area contributed by atoms with Crippen molar-refractivity contribution < 1.29 is 9.13 Å². The van der Waals surface area contributed by atoms with Gasteiger partial charge >= 0.3 is 0 Å². The highest BCUT2D eigenvalue weighted by atomic mass is 32.1. The largest absolute Gasteiger partial charge is 0.494 e. The van der Waals surface area contributed by atoms with Gasteiger partial charge in [-0.1, -0.05) is 24.3 Å². The summed E-state index contributed by atoms with van der Waals surface area (Å²) in [6, 6.07) is 12.9. The van der Waals surface area contributed by atoms with Crippen LogP contribution >= 0.6 is 11.3 Å². The van der Waals surface area contributed by atoms with Crippen LogP contribution in [-0.2, 0) is 6.42 Å². The Morgan fingerprint density at radius 1 is 1.24 bits per heavy atom. The summed E-state index contributed by atoms with van der Waals surface area (Å²) in [5, 5.41) is 3.36. The Bertz CT molecular complexity index is 768. The maximum absolute atomic E-state index is 13.8. The van der Waals surface area contributed by atoms with Gasteiger partial charge in [0.2, 0.25) is 0 Å². The van der Waals surface area contributed by atoms with Crippen molar-refractivity contribution in [2.24, 2.45) is 5.73 Å². The monoisotopic (exact) mass is 301 g/mol. The second-order valence-electron chi connectivity index (χ2n) is 4.96. The third kappa shape index (κ3) is 2.77. The van der Waals surface area contributed by atoms with Gasteiger partial charge in [-0.15, -0.1) is 11.3 Å². The molecule has 3 aromatic rings. The molecule has 2 nitrogen and oxygen atoms in total. The average Bonchev–Trinajstić information content (AvgIpc) is 2.90. The Hall–Kier alpha value is -1.91. The molecule has 0 saturated carbocycles. The lowest BCUT2D eigenvalue weighted by Gasteiger charge is -2.13. The number of ether oxygens (including phenoxy) is 1. The standard InChI is InChI=1S/C17H16FNOS/c1-20-16-7-6-11(8-14(16)18)15(19)9-12-10-21-17-5-3-2-4-13(12)17/h2-8,10,15H,9,19H2,1H3. The fourth-order valence-corrected chi connectivity index (χ4v) is 3.43. The van der Waals surface area contributed by atoms with Crippen LogP contribution in [0.2, 0.25) is 0 Å². The minimum absolute atomic E-state index is 0.233. The predicted octanol–water partition coefficient (Wildman–Crippen LogP) is 4.29. The van der Waals surface area contributed by atoms with Crippen LogP contribution < -0.4 is 10.5 Å². The zero-order valence-corrected chi connectivity index (χ0v) is 12.5. The summed E-state index contributed by atoms with van der Waals surface area (Å²) in [6.45, 7) is 0. The van der Waals surface area contributed by atoms with E-state index in [0.29, 0.717) is 6.42 Å². The molecule has 0 radical (unpaired) electrons. The lowest BCUT2D eigenvalue weighted by Crippen LogP contribution is -2.13. The molecule has 0 aliphatic heterocycles. The number of nitrogens with two attached hydrogens (primary N) is 1. The summed E-state index contributed by atoms with van der Waals surface area (Å²) >= 11 is 1.71. The van der Waals surface area contributed by atoms with Crippen molar-refractivity contribution in [3.63, 3.8) is 0 Å². The Morgan fingerprint density at radius 2 is 2.05 bits per heavy atom. The number of fused-ring (bicyclic) bond motifs is 1. The normalized spacial score (nSPS) is 12.5. The lowest BCUT2D eigenvalue weighted by molar-refractivity contribution is 0.386. The fraction of sp³-hybridized carbons (Fsp3) is 0.176. The van der Waals surface area contributed by atoms with Crippen LogP contribution in [0.15, 0.2) is 47.8 Å². The first-order valence-corrected chi connectivity index (χ1v) is 7.61. The molecule has 0 aliphatic rings. The molecule has 0 aliphatic carbocycles. The van der Waals surface area contributed by atoms with E-state index in [2.05, 4.69) is 17.5 Å². The van der Waals surface area contributed by atoms with E-state index < -0.39 is 0 Å². The third-order valence-electron chi connectivity index (χ3n) is 3.60. The summed E-state index contributed by atoms with van der Waals surface area (Å²) in [6.07, 6.45) is 0.690. The van der Waals surface area contributed by atoms with Gasteiger partial charge in [0, 0.05) is 10.7 Å². The first kappa shape index (κ1) is 14.0. The highest BCUT2D eigenvalue weighted by Gasteiger charge is 2.13. The van der Waals surface area contributed by atoms with Crippen LogP contribution in [0.3, 0.4) is 0 Å². The predicted molar refractivity (Wildman–Crippen MR) is 85.4 cm³/mol. The van der Waals surface area contributed by atoms with E-state index in [4.69, 9.17) is 10.5 Å². The van der Waals surface area contributed by atoms with E-state index >= 15 is 0 Å². The molecule has 4 heteroatoms. The van der Waals surface area contributed by atoms with Crippen molar-refractivity contribution in [3.05, 3.63) is 64.8 Å². The van der Waals surface area contributed by atoms with Gasteiger partial charge in [0.05, 0.1) is 7.11 Å². The minimum atomic E-state index is -0.374. The number of rotatable bonds is 4. The zero-order valence-electron chi connectivity index (χ0n) is 11.7. The van der Waals surface area contributed by atoms with Gasteiger partial charge in [0.1, 0.15) is 0 Å². The second-order valence-corrected chi connectivity index (χ2v) is 5.87. The second kappa shape index (κ2) is 5.84. The summed E-state index contributed by atoms with van der Waals surface area (Å²) < 4.78 is 19.9. The van der Waals surface area contributed by atoms with Crippen molar-refractivity contribution in [2.45, 2.75) is 12.5 Å². The molecule has 21 heavy (non-hydrogen) atoms. The smallest absolute Gasteiger partial charge is 0.165 e. The van der Waals surface area contributed by atoms with E-state index in [0.717, 1.165) is 5.56 Å². The third-order valence-corrected chi connectivity index (χ3v) is 4.62. The first-order chi connectivity index (χ1) is 10.2. The molecule has 108 valence electrons. The maximum Gasteiger partial charge on any atom is 0.165 e. The number of hydrogen-bond donors (Lipinski definition) is 1. The van der Waals surface area contributed by atoms with Crippen molar-refractivity contribution >= 4 is 21.4 Å². The first-order valence-electron chi connectivity index (χ1n) is 6.73. The van der Waals surface area contributed by atoms with E-state index in [-0.39, 0.29) is 17.6 Å². The van der Waals surface area contributed by atoms with Crippen molar-refractivity contribution in [2.75, 3.05) is 7.11 Å². The molecule has 0 saturated heterocycles. The van der Waals surface area contributed by atoms with Crippen LogP contribution in [0.4, 0.5) is 4.39 Å². The van der Waals surface area contributed by atoms with Gasteiger partial charge < -0.3 is 10.5 Å². The quantitative estimate of drug-likeness (QED) is 0.780. The number of thiophene rings is 1. The van der Waals surface area contributed by atoms with Crippen LogP contribution in [0, 0.1) is 5.82 Å². The van der Waals surface area contributed by atoms with Crippen LogP contribution in [0.5, 0.6) is 5.75 Å². The number of hydrogen-bond acceptors (Lipinski definition) is 3. The number of halogens is 1. The van der Waals surface area contributed by atoms with Gasteiger partial charge in [-0.05, 0) is 46.5 Å².